The highest BCUT2D eigenvalue weighted by molar-refractivity contribution is 7.92. The predicted molar refractivity (Wildman–Crippen MR) is 109 cm³/mol. The number of carbonyl (C=O) groups excluding carboxylic acids is 1. The van der Waals surface area contributed by atoms with Crippen LogP contribution in [0.3, 0.4) is 0 Å². The molecule has 9 nitrogen and oxygen atoms in total. The summed E-state index contributed by atoms with van der Waals surface area (Å²) in [5.74, 6) is -0.355. The maximum absolute atomic E-state index is 13.1. The highest BCUT2D eigenvalue weighted by Gasteiger charge is 2.26. The Balaban J connectivity index is 1.88. The minimum Gasteiger partial charge on any atom is -0.496 e. The van der Waals surface area contributed by atoms with Gasteiger partial charge in [-0.2, -0.15) is 0 Å². The molecule has 0 radical (unpaired) electrons. The number of thiazole rings is 1. The number of hydrogen-bond acceptors (Lipinski definition) is 7. The summed E-state index contributed by atoms with van der Waals surface area (Å²) < 4.78 is 39.2. The average molecular weight is 433 g/mol. The van der Waals surface area contributed by atoms with Gasteiger partial charge in [0.2, 0.25) is 0 Å². The average Bonchev–Trinajstić information content (AvgIpc) is 3.25. The highest BCUT2D eigenvalue weighted by Crippen LogP contribution is 2.37. The number of esters is 1. The van der Waals surface area contributed by atoms with Crippen LogP contribution >= 0.6 is 11.3 Å². The van der Waals surface area contributed by atoms with Gasteiger partial charge in [-0.3, -0.25) is 9.52 Å². The van der Waals surface area contributed by atoms with E-state index in [1.165, 1.54) is 32.4 Å². The first kappa shape index (κ1) is 19.0. The summed E-state index contributed by atoms with van der Waals surface area (Å²) in [6.07, 6.45) is 0. The topological polar surface area (TPSA) is 130 Å². The van der Waals surface area contributed by atoms with Crippen molar-refractivity contribution in [2.24, 2.45) is 0 Å². The Kier molecular flexibility index (Phi) is 4.55. The normalized spacial score (nSPS) is 11.7. The van der Waals surface area contributed by atoms with Crippen LogP contribution < -0.4 is 14.3 Å². The third-order valence-corrected chi connectivity index (χ3v) is 6.53. The molecular formula is C18H15N3O6S2. The summed E-state index contributed by atoms with van der Waals surface area (Å²) in [5.41, 5.74) is 1.01. The van der Waals surface area contributed by atoms with Crippen molar-refractivity contribution in [3.8, 4) is 5.75 Å². The zero-order valence-corrected chi connectivity index (χ0v) is 16.9. The van der Waals surface area contributed by atoms with E-state index in [9.17, 15) is 18.0 Å². The molecular weight excluding hydrogens is 418 g/mol. The standard InChI is InChI=1S/C18H15N3O6S2/c1-26-12-5-3-4-11-14(12)15(16(19-11)17(22)27-2)21-29(24,25)9-6-7-10-13(8-9)28-18(23)20-10/h3-8,19,21H,1-2H3,(H,20,23). The van der Waals surface area contributed by atoms with Crippen molar-refractivity contribution in [1.29, 1.82) is 0 Å². The second kappa shape index (κ2) is 6.94. The molecule has 0 unspecified atom stereocenters. The fraction of sp³-hybridized carbons (Fsp3) is 0.111. The number of ether oxygens (including phenoxy) is 2. The number of benzene rings is 2. The quantitative estimate of drug-likeness (QED) is 0.415. The minimum atomic E-state index is -4.09. The summed E-state index contributed by atoms with van der Waals surface area (Å²) in [4.78, 5) is 28.9. The van der Waals surface area contributed by atoms with Gasteiger partial charge in [-0.05, 0) is 30.3 Å². The van der Waals surface area contributed by atoms with Crippen molar-refractivity contribution in [1.82, 2.24) is 9.97 Å². The second-order valence-electron chi connectivity index (χ2n) is 6.03. The van der Waals surface area contributed by atoms with Gasteiger partial charge in [0.1, 0.15) is 5.75 Å². The fourth-order valence-corrected chi connectivity index (χ4v) is 4.99. The number of fused-ring (bicyclic) bond motifs is 2. The van der Waals surface area contributed by atoms with Crippen LogP contribution in [0.5, 0.6) is 5.75 Å². The number of hydrogen-bond donors (Lipinski definition) is 3. The first-order valence-corrected chi connectivity index (χ1v) is 10.6. The number of H-pyrrole nitrogens is 2. The molecule has 2 heterocycles. The molecule has 0 aliphatic heterocycles. The molecule has 0 fully saturated rings. The van der Waals surface area contributed by atoms with Gasteiger partial charge >= 0.3 is 10.8 Å². The summed E-state index contributed by atoms with van der Waals surface area (Å²) in [7, 11) is -1.45. The highest BCUT2D eigenvalue weighted by atomic mass is 32.2. The predicted octanol–water partition coefficient (Wildman–Crippen LogP) is 2.67. The summed E-state index contributed by atoms with van der Waals surface area (Å²) in [6, 6.07) is 9.32. The van der Waals surface area contributed by atoms with E-state index in [4.69, 9.17) is 9.47 Å². The Bertz CT molecular complexity index is 1410. The lowest BCUT2D eigenvalue weighted by molar-refractivity contribution is 0.0596. The number of carbonyl (C=O) groups is 1. The third-order valence-electron chi connectivity index (χ3n) is 4.33. The van der Waals surface area contributed by atoms with Crippen LogP contribution in [0.2, 0.25) is 0 Å². The number of sulfonamides is 1. The minimum absolute atomic E-state index is 0.0200. The first-order chi connectivity index (χ1) is 13.8. The number of aromatic nitrogens is 2. The number of methoxy groups -OCH3 is 2. The van der Waals surface area contributed by atoms with Crippen LogP contribution in [0.25, 0.3) is 21.1 Å². The molecule has 4 aromatic rings. The number of rotatable bonds is 5. The van der Waals surface area contributed by atoms with Crippen molar-refractivity contribution in [2.75, 3.05) is 18.9 Å². The molecule has 2 aromatic carbocycles. The molecule has 0 amide bonds. The molecule has 0 saturated carbocycles. The van der Waals surface area contributed by atoms with Gasteiger partial charge in [0.05, 0.1) is 45.9 Å². The molecule has 0 saturated heterocycles. The van der Waals surface area contributed by atoms with Gasteiger partial charge in [-0.15, -0.1) is 0 Å². The molecule has 29 heavy (non-hydrogen) atoms. The molecule has 0 aliphatic carbocycles. The largest absolute Gasteiger partial charge is 0.496 e. The lowest BCUT2D eigenvalue weighted by Gasteiger charge is -2.10. The Labute approximate surface area is 168 Å². The molecule has 150 valence electrons. The molecule has 11 heteroatoms. The van der Waals surface area contributed by atoms with Crippen molar-refractivity contribution in [3.05, 3.63) is 51.8 Å². The number of nitrogens with one attached hydrogen (secondary N) is 3. The Morgan fingerprint density at radius 2 is 1.90 bits per heavy atom. The number of aromatic amines is 2. The molecule has 0 spiro atoms. The van der Waals surface area contributed by atoms with Crippen LogP contribution in [-0.2, 0) is 14.8 Å². The van der Waals surface area contributed by atoms with E-state index in [0.29, 0.717) is 26.9 Å². The van der Waals surface area contributed by atoms with Crippen molar-refractivity contribution >= 4 is 54.1 Å². The van der Waals surface area contributed by atoms with E-state index >= 15 is 0 Å². The molecule has 0 bridgehead atoms. The summed E-state index contributed by atoms with van der Waals surface area (Å²) >= 11 is 0.907. The van der Waals surface area contributed by atoms with E-state index in [1.807, 2.05) is 0 Å². The third kappa shape index (κ3) is 3.23. The van der Waals surface area contributed by atoms with Gasteiger partial charge in [-0.25, -0.2) is 13.2 Å². The second-order valence-corrected chi connectivity index (χ2v) is 8.72. The van der Waals surface area contributed by atoms with E-state index < -0.39 is 16.0 Å². The van der Waals surface area contributed by atoms with E-state index in [-0.39, 0.29) is 21.1 Å². The maximum atomic E-state index is 13.1. The number of anilines is 1. The molecule has 0 aliphatic rings. The van der Waals surface area contributed by atoms with Crippen LogP contribution in [-0.4, -0.2) is 38.6 Å². The maximum Gasteiger partial charge on any atom is 0.356 e. The summed E-state index contributed by atoms with van der Waals surface area (Å²) in [5, 5.41) is 0.395. The fourth-order valence-electron chi connectivity index (χ4n) is 3.03. The van der Waals surface area contributed by atoms with Gasteiger partial charge < -0.3 is 19.4 Å². The lowest BCUT2D eigenvalue weighted by Crippen LogP contribution is -2.15. The van der Waals surface area contributed by atoms with E-state index in [2.05, 4.69) is 14.7 Å². The van der Waals surface area contributed by atoms with Gasteiger partial charge in [0.15, 0.2) is 5.69 Å². The van der Waals surface area contributed by atoms with Crippen molar-refractivity contribution in [2.45, 2.75) is 4.90 Å². The van der Waals surface area contributed by atoms with Crippen LogP contribution in [0.15, 0.2) is 46.1 Å². The van der Waals surface area contributed by atoms with Crippen molar-refractivity contribution in [3.63, 3.8) is 0 Å². The zero-order valence-electron chi connectivity index (χ0n) is 15.2. The van der Waals surface area contributed by atoms with E-state index in [0.717, 1.165) is 11.3 Å². The molecule has 2 aromatic heterocycles. The van der Waals surface area contributed by atoms with Gasteiger partial charge in [0.25, 0.3) is 10.0 Å². The first-order valence-electron chi connectivity index (χ1n) is 8.26. The monoisotopic (exact) mass is 433 g/mol. The Morgan fingerprint density at radius 3 is 2.62 bits per heavy atom. The van der Waals surface area contributed by atoms with Crippen LogP contribution in [0.1, 0.15) is 10.5 Å². The lowest BCUT2D eigenvalue weighted by atomic mass is 10.2. The van der Waals surface area contributed by atoms with Crippen molar-refractivity contribution < 1.29 is 22.7 Å². The summed E-state index contributed by atoms with van der Waals surface area (Å²) in [6.45, 7) is 0. The Hall–Kier alpha value is -3.31. The molecule has 3 N–H and O–H groups in total. The molecule has 4 rings (SSSR count). The SMILES string of the molecule is COC(=O)c1[nH]c2cccc(OC)c2c1NS(=O)(=O)c1ccc2[nH]c(=O)sc2c1. The van der Waals surface area contributed by atoms with E-state index in [1.54, 1.807) is 18.2 Å². The Morgan fingerprint density at radius 1 is 1.10 bits per heavy atom. The van der Waals surface area contributed by atoms with Crippen LogP contribution in [0.4, 0.5) is 5.69 Å². The van der Waals surface area contributed by atoms with Crippen LogP contribution in [0, 0.1) is 0 Å². The van der Waals surface area contributed by atoms with Gasteiger partial charge in [0, 0.05) is 0 Å². The molecule has 0 atom stereocenters. The zero-order chi connectivity index (χ0) is 20.8. The van der Waals surface area contributed by atoms with Gasteiger partial charge in [-0.1, -0.05) is 17.4 Å². The smallest absolute Gasteiger partial charge is 0.356 e.